The molecule has 0 saturated carbocycles. The van der Waals surface area contributed by atoms with Crippen molar-refractivity contribution < 1.29 is 4.79 Å². The number of anilines is 1. The average Bonchev–Trinajstić information content (AvgIpc) is 3.08. The third kappa shape index (κ3) is 3.95. The number of hydrogen-bond donors (Lipinski definition) is 1. The lowest BCUT2D eigenvalue weighted by Crippen LogP contribution is -2.21. The zero-order valence-corrected chi connectivity index (χ0v) is 14.6. The summed E-state index contributed by atoms with van der Waals surface area (Å²) in [5.41, 5.74) is 2.11. The normalized spacial score (nSPS) is 10.5. The average molecular weight is 357 g/mol. The van der Waals surface area contributed by atoms with Gasteiger partial charge in [-0.3, -0.25) is 4.79 Å². The van der Waals surface area contributed by atoms with Crippen molar-refractivity contribution in [2.24, 2.45) is 0 Å². The van der Waals surface area contributed by atoms with Gasteiger partial charge in [-0.1, -0.05) is 29.8 Å². The van der Waals surface area contributed by atoms with Crippen LogP contribution in [0.4, 0.5) is 5.69 Å². The van der Waals surface area contributed by atoms with Gasteiger partial charge < -0.3 is 10.2 Å². The van der Waals surface area contributed by atoms with E-state index in [4.69, 9.17) is 11.6 Å². The second-order valence-corrected chi connectivity index (χ2v) is 6.06. The molecule has 1 heterocycles. The van der Waals surface area contributed by atoms with E-state index in [1.165, 1.54) is 4.90 Å². The van der Waals surface area contributed by atoms with Gasteiger partial charge in [0.2, 0.25) is 0 Å². The molecule has 0 aliphatic rings. The maximum atomic E-state index is 12.1. The molecule has 2 aromatic carbocycles. The van der Waals surface area contributed by atoms with Crippen molar-refractivity contribution in [1.29, 1.82) is 0 Å². The summed E-state index contributed by atoms with van der Waals surface area (Å²) in [6.45, 7) is 0.387. The molecule has 0 aliphatic heterocycles. The Balaban J connectivity index is 1.79. The van der Waals surface area contributed by atoms with E-state index in [0.29, 0.717) is 23.0 Å². The number of aromatic nitrogens is 4. The number of benzene rings is 2. The molecule has 1 amide bonds. The topological polar surface area (TPSA) is 75.9 Å². The predicted octanol–water partition coefficient (Wildman–Crippen LogP) is 2.63. The van der Waals surface area contributed by atoms with Crippen LogP contribution in [-0.4, -0.2) is 45.1 Å². The molecule has 25 heavy (non-hydrogen) atoms. The molecule has 0 bridgehead atoms. The number of nitrogens with one attached hydrogen (secondary N) is 1. The quantitative estimate of drug-likeness (QED) is 0.760. The van der Waals surface area contributed by atoms with Crippen molar-refractivity contribution in [2.45, 2.75) is 6.54 Å². The lowest BCUT2D eigenvalue weighted by molar-refractivity contribution is 0.0827. The minimum atomic E-state index is -0.111. The Labute approximate surface area is 150 Å². The fourth-order valence-electron chi connectivity index (χ4n) is 2.34. The number of para-hydroxylation sites is 1. The van der Waals surface area contributed by atoms with Crippen molar-refractivity contribution in [3.8, 4) is 5.69 Å². The van der Waals surface area contributed by atoms with E-state index >= 15 is 0 Å². The minimum absolute atomic E-state index is 0.111. The zero-order chi connectivity index (χ0) is 17.8. The zero-order valence-electron chi connectivity index (χ0n) is 13.8. The summed E-state index contributed by atoms with van der Waals surface area (Å²) >= 11 is 6.13. The first-order valence-corrected chi connectivity index (χ1v) is 8.01. The van der Waals surface area contributed by atoms with Crippen LogP contribution in [0.5, 0.6) is 0 Å². The number of rotatable bonds is 5. The fourth-order valence-corrected chi connectivity index (χ4v) is 2.58. The maximum absolute atomic E-state index is 12.1. The van der Waals surface area contributed by atoms with Crippen LogP contribution in [-0.2, 0) is 6.54 Å². The molecule has 0 fully saturated rings. The van der Waals surface area contributed by atoms with Gasteiger partial charge in [-0.05, 0) is 40.8 Å². The molecule has 1 N–H and O–H groups in total. The van der Waals surface area contributed by atoms with Gasteiger partial charge >= 0.3 is 0 Å². The van der Waals surface area contributed by atoms with Crippen LogP contribution in [0.1, 0.15) is 16.2 Å². The molecule has 1 aromatic heterocycles. The van der Waals surface area contributed by atoms with Gasteiger partial charge in [0.15, 0.2) is 5.82 Å². The van der Waals surface area contributed by atoms with Crippen molar-refractivity contribution >= 4 is 23.2 Å². The van der Waals surface area contributed by atoms with Crippen LogP contribution in [0.15, 0.2) is 48.5 Å². The number of amides is 1. The lowest BCUT2D eigenvalue weighted by atomic mass is 10.2. The second kappa shape index (κ2) is 7.31. The standard InChI is InChI=1S/C17H17ClN6O/c1-23(2)17(25)12-8-13(18)10-14(9-12)19-11-16-20-21-22-24(16)15-6-4-3-5-7-15/h3-10,19H,11H2,1-2H3. The molecule has 0 atom stereocenters. The summed E-state index contributed by atoms with van der Waals surface area (Å²) < 4.78 is 1.66. The van der Waals surface area contributed by atoms with Crippen molar-refractivity contribution in [3.63, 3.8) is 0 Å². The maximum Gasteiger partial charge on any atom is 0.253 e. The van der Waals surface area contributed by atoms with E-state index in [1.807, 2.05) is 30.3 Å². The van der Waals surface area contributed by atoms with Gasteiger partial charge in [0.05, 0.1) is 12.2 Å². The molecule has 128 valence electrons. The largest absolute Gasteiger partial charge is 0.378 e. The van der Waals surface area contributed by atoms with E-state index in [0.717, 1.165) is 11.4 Å². The first-order valence-electron chi connectivity index (χ1n) is 7.63. The van der Waals surface area contributed by atoms with Crippen LogP contribution < -0.4 is 5.32 Å². The number of tetrazole rings is 1. The summed E-state index contributed by atoms with van der Waals surface area (Å²) in [4.78, 5) is 13.6. The number of nitrogens with zero attached hydrogens (tertiary/aromatic N) is 5. The Kier molecular flexibility index (Phi) is 4.95. The van der Waals surface area contributed by atoms with E-state index in [-0.39, 0.29) is 5.91 Å². The van der Waals surface area contributed by atoms with E-state index < -0.39 is 0 Å². The van der Waals surface area contributed by atoms with Gasteiger partial charge in [0.1, 0.15) is 0 Å². The van der Waals surface area contributed by atoms with Crippen molar-refractivity contribution in [3.05, 3.63) is 64.9 Å². The summed E-state index contributed by atoms with van der Waals surface area (Å²) in [6.07, 6.45) is 0. The Morgan fingerprint density at radius 3 is 2.68 bits per heavy atom. The highest BCUT2D eigenvalue weighted by Crippen LogP contribution is 2.20. The van der Waals surface area contributed by atoms with Crippen LogP contribution in [0, 0.1) is 0 Å². The summed E-state index contributed by atoms with van der Waals surface area (Å²) in [7, 11) is 3.40. The molecule has 3 rings (SSSR count). The van der Waals surface area contributed by atoms with Gasteiger partial charge in [-0.15, -0.1) is 5.10 Å². The van der Waals surface area contributed by atoms with Gasteiger partial charge in [-0.25, -0.2) is 0 Å². The molecule has 7 nitrogen and oxygen atoms in total. The van der Waals surface area contributed by atoms with E-state index in [2.05, 4.69) is 20.8 Å². The number of halogens is 1. The van der Waals surface area contributed by atoms with Crippen LogP contribution >= 0.6 is 11.6 Å². The minimum Gasteiger partial charge on any atom is -0.378 e. The smallest absolute Gasteiger partial charge is 0.253 e. The molecule has 0 radical (unpaired) electrons. The van der Waals surface area contributed by atoms with E-state index in [1.54, 1.807) is 37.0 Å². The SMILES string of the molecule is CN(C)C(=O)c1cc(Cl)cc(NCc2nnnn2-c2ccccc2)c1. The first-order chi connectivity index (χ1) is 12.0. The highest BCUT2D eigenvalue weighted by atomic mass is 35.5. The Bertz CT molecular complexity index is 878. The third-order valence-electron chi connectivity index (χ3n) is 3.54. The van der Waals surface area contributed by atoms with Crippen LogP contribution in [0.25, 0.3) is 5.69 Å². The third-order valence-corrected chi connectivity index (χ3v) is 3.75. The molecule has 8 heteroatoms. The molecule has 3 aromatic rings. The number of carbonyl (C=O) groups is 1. The van der Waals surface area contributed by atoms with Crippen LogP contribution in [0.3, 0.4) is 0 Å². The van der Waals surface area contributed by atoms with E-state index in [9.17, 15) is 4.79 Å². The number of hydrogen-bond acceptors (Lipinski definition) is 5. The summed E-state index contributed by atoms with van der Waals surface area (Å²) in [5.74, 6) is 0.534. The van der Waals surface area contributed by atoms with Crippen molar-refractivity contribution in [1.82, 2.24) is 25.1 Å². The number of carbonyl (C=O) groups excluding carboxylic acids is 1. The molecule has 0 saturated heterocycles. The lowest BCUT2D eigenvalue weighted by Gasteiger charge is -2.13. The van der Waals surface area contributed by atoms with Crippen LogP contribution in [0.2, 0.25) is 5.02 Å². The second-order valence-electron chi connectivity index (χ2n) is 5.62. The van der Waals surface area contributed by atoms with Gasteiger partial charge in [-0.2, -0.15) is 4.68 Å². The Morgan fingerprint density at radius 2 is 1.96 bits per heavy atom. The molecule has 0 aliphatic carbocycles. The highest BCUT2D eigenvalue weighted by molar-refractivity contribution is 6.31. The fraction of sp³-hybridized carbons (Fsp3) is 0.176. The molecule has 0 spiro atoms. The van der Waals surface area contributed by atoms with Gasteiger partial charge in [0, 0.05) is 30.4 Å². The monoisotopic (exact) mass is 356 g/mol. The molecular weight excluding hydrogens is 340 g/mol. The highest BCUT2D eigenvalue weighted by Gasteiger charge is 2.12. The van der Waals surface area contributed by atoms with Crippen molar-refractivity contribution in [2.75, 3.05) is 19.4 Å². The first kappa shape index (κ1) is 16.9. The summed E-state index contributed by atoms with van der Waals surface area (Å²) in [5, 5.41) is 15.5. The molecule has 0 unspecified atom stereocenters. The summed E-state index contributed by atoms with van der Waals surface area (Å²) in [6, 6.07) is 14.8. The predicted molar refractivity (Wildman–Crippen MR) is 96.0 cm³/mol. The Morgan fingerprint density at radius 1 is 1.20 bits per heavy atom. The Hall–Kier alpha value is -2.93. The molecular formula is C17H17ClN6O. The van der Waals surface area contributed by atoms with Gasteiger partial charge in [0.25, 0.3) is 5.91 Å².